The van der Waals surface area contributed by atoms with E-state index in [9.17, 15) is 8.42 Å². The minimum Gasteiger partial charge on any atom is -0.371 e. The van der Waals surface area contributed by atoms with Crippen molar-refractivity contribution in [1.82, 2.24) is 9.71 Å². The normalized spacial score (nSPS) is 18.2. The van der Waals surface area contributed by atoms with Crippen LogP contribution in [0.25, 0.3) is 0 Å². The molecule has 0 aliphatic carbocycles. The topological polar surface area (TPSA) is 74.3 Å². The first-order valence-corrected chi connectivity index (χ1v) is 11.5. The molecule has 1 fully saturated rings. The van der Waals surface area contributed by atoms with Gasteiger partial charge in [-0.3, -0.25) is 0 Å². The monoisotopic (exact) mass is 402 g/mol. The number of rotatable bonds is 9. The summed E-state index contributed by atoms with van der Waals surface area (Å²) in [6, 6.07) is 13.7. The maximum Gasteiger partial charge on any atom is 0.242 e. The molecular formula is C21H30N4O2S. The van der Waals surface area contributed by atoms with E-state index in [1.807, 2.05) is 19.9 Å². The summed E-state index contributed by atoms with van der Waals surface area (Å²) in [6.07, 6.45) is 4.31. The number of hydrogen-bond acceptors (Lipinski definition) is 5. The number of hydrogen-bond donors (Lipinski definition) is 2. The van der Waals surface area contributed by atoms with Crippen LogP contribution in [-0.2, 0) is 10.0 Å². The van der Waals surface area contributed by atoms with Gasteiger partial charge in [-0.1, -0.05) is 31.5 Å². The summed E-state index contributed by atoms with van der Waals surface area (Å²) in [5.41, 5.74) is 1.27. The molecule has 28 heavy (non-hydrogen) atoms. The van der Waals surface area contributed by atoms with E-state index in [-0.39, 0.29) is 10.9 Å². The molecule has 2 aromatic rings. The number of aromatic nitrogens is 1. The van der Waals surface area contributed by atoms with Gasteiger partial charge < -0.3 is 10.2 Å². The maximum absolute atomic E-state index is 12.4. The highest BCUT2D eigenvalue weighted by atomic mass is 32.2. The molecule has 7 heteroatoms. The van der Waals surface area contributed by atoms with Gasteiger partial charge in [0, 0.05) is 37.6 Å². The van der Waals surface area contributed by atoms with Gasteiger partial charge >= 0.3 is 0 Å². The summed E-state index contributed by atoms with van der Waals surface area (Å²) in [5, 5.41) is 3.35. The van der Waals surface area contributed by atoms with Gasteiger partial charge in [-0.2, -0.15) is 0 Å². The number of anilines is 2. The lowest BCUT2D eigenvalue weighted by atomic mass is 10.1. The van der Waals surface area contributed by atoms with E-state index >= 15 is 0 Å². The Morgan fingerprint density at radius 3 is 2.68 bits per heavy atom. The van der Waals surface area contributed by atoms with Crippen LogP contribution >= 0.6 is 0 Å². The SMILES string of the molecule is CCCC(C)NS(=O)(=O)c1ccc(NCC2CCN(c3ccccc3)C2)nc1. The maximum atomic E-state index is 12.4. The summed E-state index contributed by atoms with van der Waals surface area (Å²) in [5.74, 6) is 1.25. The summed E-state index contributed by atoms with van der Waals surface area (Å²) in [7, 11) is -3.51. The molecule has 0 bridgehead atoms. The number of nitrogens with one attached hydrogen (secondary N) is 2. The third-order valence-electron chi connectivity index (χ3n) is 5.10. The summed E-state index contributed by atoms with van der Waals surface area (Å²) < 4.78 is 27.5. The first-order chi connectivity index (χ1) is 13.5. The molecule has 0 spiro atoms. The van der Waals surface area contributed by atoms with Crippen LogP contribution in [0.3, 0.4) is 0 Å². The van der Waals surface area contributed by atoms with Gasteiger partial charge in [-0.05, 0) is 49.9 Å². The second-order valence-corrected chi connectivity index (χ2v) is 9.22. The highest BCUT2D eigenvalue weighted by molar-refractivity contribution is 7.89. The molecule has 1 aliphatic heterocycles. The van der Waals surface area contributed by atoms with Crippen molar-refractivity contribution in [2.45, 2.75) is 44.0 Å². The van der Waals surface area contributed by atoms with Crippen molar-refractivity contribution in [3.63, 3.8) is 0 Å². The number of benzene rings is 1. The molecule has 0 amide bonds. The van der Waals surface area contributed by atoms with Crippen LogP contribution in [0.1, 0.15) is 33.1 Å². The van der Waals surface area contributed by atoms with Crippen molar-refractivity contribution >= 4 is 21.5 Å². The summed E-state index contributed by atoms with van der Waals surface area (Å²) >= 11 is 0. The Bertz CT molecular complexity index is 840. The Morgan fingerprint density at radius 1 is 1.21 bits per heavy atom. The summed E-state index contributed by atoms with van der Waals surface area (Å²) in [4.78, 5) is 6.90. The van der Waals surface area contributed by atoms with Crippen LogP contribution in [0, 0.1) is 5.92 Å². The number of pyridine rings is 1. The molecule has 1 saturated heterocycles. The average molecular weight is 403 g/mol. The van der Waals surface area contributed by atoms with Crippen LogP contribution in [0.2, 0.25) is 0 Å². The predicted molar refractivity (Wildman–Crippen MR) is 114 cm³/mol. The van der Waals surface area contributed by atoms with Crippen LogP contribution in [0.5, 0.6) is 0 Å². The van der Waals surface area contributed by atoms with Gasteiger partial charge in [0.1, 0.15) is 10.7 Å². The minimum absolute atomic E-state index is 0.0808. The first-order valence-electron chi connectivity index (χ1n) is 10.00. The van der Waals surface area contributed by atoms with Gasteiger partial charge in [0.25, 0.3) is 0 Å². The Labute approximate surface area is 168 Å². The molecule has 2 atom stereocenters. The molecule has 152 valence electrons. The quantitative estimate of drug-likeness (QED) is 0.672. The molecular weight excluding hydrogens is 372 g/mol. The van der Waals surface area contributed by atoms with E-state index in [0.717, 1.165) is 38.9 Å². The second kappa shape index (κ2) is 9.39. The average Bonchev–Trinajstić information content (AvgIpc) is 3.16. The zero-order valence-electron chi connectivity index (χ0n) is 16.6. The molecule has 2 unspecified atom stereocenters. The third kappa shape index (κ3) is 5.45. The number of para-hydroxylation sites is 1. The Hall–Kier alpha value is -2.12. The number of nitrogens with zero attached hydrogens (tertiary/aromatic N) is 2. The fourth-order valence-electron chi connectivity index (χ4n) is 3.59. The lowest BCUT2D eigenvalue weighted by molar-refractivity contribution is 0.543. The third-order valence-corrected chi connectivity index (χ3v) is 6.68. The zero-order valence-corrected chi connectivity index (χ0v) is 17.5. The van der Waals surface area contributed by atoms with E-state index < -0.39 is 10.0 Å². The standard InChI is InChI=1S/C21H30N4O2S/c1-3-7-17(2)24-28(26,27)20-10-11-21(23-15-20)22-14-18-12-13-25(16-18)19-8-5-4-6-9-19/h4-6,8-11,15,17-18,24H,3,7,12-14,16H2,1-2H3,(H,22,23). The fraction of sp³-hybridized carbons (Fsp3) is 0.476. The Morgan fingerprint density at radius 2 is 2.00 bits per heavy atom. The van der Waals surface area contributed by atoms with Crippen LogP contribution in [0.4, 0.5) is 11.5 Å². The van der Waals surface area contributed by atoms with Gasteiger partial charge in [0.15, 0.2) is 0 Å². The predicted octanol–water partition coefficient (Wildman–Crippen LogP) is 3.49. The van der Waals surface area contributed by atoms with Crippen LogP contribution < -0.4 is 14.9 Å². The van der Waals surface area contributed by atoms with E-state index in [4.69, 9.17) is 0 Å². The van der Waals surface area contributed by atoms with E-state index in [2.05, 4.69) is 44.2 Å². The molecule has 0 radical (unpaired) electrons. The minimum atomic E-state index is -3.51. The summed E-state index contributed by atoms with van der Waals surface area (Å²) in [6.45, 7) is 6.82. The largest absolute Gasteiger partial charge is 0.371 e. The molecule has 1 aromatic carbocycles. The molecule has 1 aromatic heterocycles. The second-order valence-electron chi connectivity index (χ2n) is 7.51. The van der Waals surface area contributed by atoms with Crippen LogP contribution in [0.15, 0.2) is 53.6 Å². The molecule has 2 N–H and O–H groups in total. The molecule has 1 aliphatic rings. The Balaban J connectivity index is 1.51. The highest BCUT2D eigenvalue weighted by Crippen LogP contribution is 2.23. The van der Waals surface area contributed by atoms with Crippen molar-refractivity contribution in [1.29, 1.82) is 0 Å². The van der Waals surface area contributed by atoms with Crippen molar-refractivity contribution in [3.8, 4) is 0 Å². The van der Waals surface area contributed by atoms with Crippen molar-refractivity contribution in [2.24, 2.45) is 5.92 Å². The van der Waals surface area contributed by atoms with E-state index in [1.54, 1.807) is 12.1 Å². The molecule has 0 saturated carbocycles. The highest BCUT2D eigenvalue weighted by Gasteiger charge is 2.22. The zero-order chi connectivity index (χ0) is 20.0. The molecule has 6 nitrogen and oxygen atoms in total. The lowest BCUT2D eigenvalue weighted by Crippen LogP contribution is -2.32. The molecule has 3 rings (SSSR count). The smallest absolute Gasteiger partial charge is 0.242 e. The van der Waals surface area contributed by atoms with E-state index in [0.29, 0.717) is 11.7 Å². The number of sulfonamides is 1. The van der Waals surface area contributed by atoms with Gasteiger partial charge in [-0.15, -0.1) is 0 Å². The van der Waals surface area contributed by atoms with Crippen molar-refractivity contribution in [2.75, 3.05) is 29.9 Å². The van der Waals surface area contributed by atoms with Gasteiger partial charge in [-0.25, -0.2) is 18.1 Å². The van der Waals surface area contributed by atoms with E-state index in [1.165, 1.54) is 11.9 Å². The van der Waals surface area contributed by atoms with Crippen molar-refractivity contribution in [3.05, 3.63) is 48.7 Å². The van der Waals surface area contributed by atoms with Crippen LogP contribution in [-0.4, -0.2) is 39.1 Å². The van der Waals surface area contributed by atoms with Gasteiger partial charge in [0.05, 0.1) is 0 Å². The molecule has 2 heterocycles. The van der Waals surface area contributed by atoms with Crippen molar-refractivity contribution < 1.29 is 8.42 Å². The first kappa shape index (κ1) is 20.6. The fourth-order valence-corrected chi connectivity index (χ4v) is 4.81. The van der Waals surface area contributed by atoms with Gasteiger partial charge in [0.2, 0.25) is 10.0 Å². The lowest BCUT2D eigenvalue weighted by Gasteiger charge is -2.19. The Kier molecular flexibility index (Phi) is 6.91.